The molecule has 1 saturated heterocycles. The van der Waals surface area contributed by atoms with E-state index in [2.05, 4.69) is 40.6 Å². The van der Waals surface area contributed by atoms with Gasteiger partial charge in [-0.3, -0.25) is 4.90 Å². The van der Waals surface area contributed by atoms with Gasteiger partial charge < -0.3 is 14.6 Å². The summed E-state index contributed by atoms with van der Waals surface area (Å²) in [5.41, 5.74) is 2.33. The fourth-order valence-electron chi connectivity index (χ4n) is 4.31. The van der Waals surface area contributed by atoms with Crippen molar-refractivity contribution in [2.75, 3.05) is 31.6 Å². The third-order valence-corrected chi connectivity index (χ3v) is 5.67. The topological polar surface area (TPSA) is 53.2 Å². The largest absolute Gasteiger partial charge is 0.382 e. The molecular formula is C20H26N4O. The van der Waals surface area contributed by atoms with Crippen molar-refractivity contribution in [3.63, 3.8) is 0 Å². The zero-order chi connectivity index (χ0) is 17.1. The molecule has 0 unspecified atom stereocenters. The number of nitrogens with zero attached hydrogens (tertiary/aromatic N) is 3. The lowest BCUT2D eigenvalue weighted by atomic mass is 9.89. The highest BCUT2D eigenvalue weighted by Gasteiger charge is 2.27. The molecule has 25 heavy (non-hydrogen) atoms. The summed E-state index contributed by atoms with van der Waals surface area (Å²) in [6.45, 7) is 4.36. The Labute approximate surface area is 149 Å². The maximum Gasteiger partial charge on any atom is 0.110 e. The van der Waals surface area contributed by atoms with E-state index >= 15 is 0 Å². The maximum atomic E-state index is 8.96. The van der Waals surface area contributed by atoms with E-state index in [1.54, 1.807) is 0 Å². The molecule has 1 aliphatic carbocycles. The van der Waals surface area contributed by atoms with E-state index in [1.165, 1.54) is 36.8 Å². The standard InChI is InChI=1S/C20H26N4O/c21-9-11-24-10-8-18-19(2-1-3-20(18)24)22-16-4-6-17(7-5-16)23-12-14-25-15-13-23/h1-3,8,10,16-17,22H,4-7,11-15H2. The number of aromatic nitrogens is 1. The first-order valence-electron chi connectivity index (χ1n) is 9.38. The molecule has 2 fully saturated rings. The Bertz CT molecular complexity index is 749. The number of hydrogen-bond acceptors (Lipinski definition) is 4. The average molecular weight is 338 g/mol. The minimum absolute atomic E-state index is 0.400. The van der Waals surface area contributed by atoms with Gasteiger partial charge in [0.1, 0.15) is 6.54 Å². The van der Waals surface area contributed by atoms with Gasteiger partial charge in [-0.25, -0.2) is 0 Å². The Balaban J connectivity index is 1.40. The van der Waals surface area contributed by atoms with Crippen LogP contribution in [0.15, 0.2) is 30.5 Å². The van der Waals surface area contributed by atoms with E-state index in [0.29, 0.717) is 12.6 Å². The molecule has 2 aromatic rings. The molecule has 1 aliphatic heterocycles. The summed E-state index contributed by atoms with van der Waals surface area (Å²) < 4.78 is 7.48. The molecule has 2 aliphatic rings. The molecule has 4 rings (SSSR count). The summed E-state index contributed by atoms with van der Waals surface area (Å²) in [4.78, 5) is 2.61. The third-order valence-electron chi connectivity index (χ3n) is 5.67. The molecule has 1 aromatic heterocycles. The third kappa shape index (κ3) is 3.51. The lowest BCUT2D eigenvalue weighted by Gasteiger charge is -2.39. The first kappa shape index (κ1) is 16.4. The van der Waals surface area contributed by atoms with Crippen molar-refractivity contribution in [2.45, 2.75) is 44.3 Å². The molecular weight excluding hydrogens is 312 g/mol. The van der Waals surface area contributed by atoms with Gasteiger partial charge in [0.05, 0.1) is 24.8 Å². The molecule has 5 heteroatoms. The van der Waals surface area contributed by atoms with Crippen molar-refractivity contribution in [1.29, 1.82) is 5.26 Å². The molecule has 0 amide bonds. The second-order valence-electron chi connectivity index (χ2n) is 7.14. The van der Waals surface area contributed by atoms with Gasteiger partial charge >= 0.3 is 0 Å². The van der Waals surface area contributed by atoms with Gasteiger partial charge in [0.2, 0.25) is 0 Å². The predicted molar refractivity (Wildman–Crippen MR) is 99.6 cm³/mol. The van der Waals surface area contributed by atoms with E-state index < -0.39 is 0 Å². The first-order chi connectivity index (χ1) is 12.3. The maximum absolute atomic E-state index is 8.96. The van der Waals surface area contributed by atoms with E-state index in [0.717, 1.165) is 37.9 Å². The van der Waals surface area contributed by atoms with Crippen molar-refractivity contribution < 1.29 is 4.74 Å². The van der Waals surface area contributed by atoms with Gasteiger partial charge in [0.15, 0.2) is 0 Å². The first-order valence-corrected chi connectivity index (χ1v) is 9.38. The Hall–Kier alpha value is -2.03. The molecule has 1 aromatic carbocycles. The number of benzene rings is 1. The highest BCUT2D eigenvalue weighted by Crippen LogP contribution is 2.30. The molecule has 2 heterocycles. The molecule has 0 bridgehead atoms. The number of rotatable bonds is 4. The zero-order valence-corrected chi connectivity index (χ0v) is 14.7. The molecule has 132 valence electrons. The Morgan fingerprint density at radius 3 is 2.68 bits per heavy atom. The molecule has 0 atom stereocenters. The van der Waals surface area contributed by atoms with Gasteiger partial charge in [-0.15, -0.1) is 0 Å². The summed E-state index contributed by atoms with van der Waals surface area (Å²) >= 11 is 0. The van der Waals surface area contributed by atoms with E-state index in [1.807, 2.05) is 10.8 Å². The number of hydrogen-bond donors (Lipinski definition) is 1. The Morgan fingerprint density at radius 1 is 1.12 bits per heavy atom. The molecule has 1 N–H and O–H groups in total. The molecule has 0 radical (unpaired) electrons. The fourth-order valence-corrected chi connectivity index (χ4v) is 4.31. The minimum Gasteiger partial charge on any atom is -0.382 e. The number of nitrogens with one attached hydrogen (secondary N) is 1. The summed E-state index contributed by atoms with van der Waals surface area (Å²) in [5.74, 6) is 0. The van der Waals surface area contributed by atoms with Crippen molar-refractivity contribution in [3.05, 3.63) is 30.5 Å². The smallest absolute Gasteiger partial charge is 0.110 e. The van der Waals surface area contributed by atoms with E-state index in [-0.39, 0.29) is 0 Å². The SMILES string of the molecule is N#CCn1ccc2c(NC3CCC(N4CCOCC4)CC3)cccc21. The van der Waals surface area contributed by atoms with Crippen molar-refractivity contribution >= 4 is 16.6 Å². The van der Waals surface area contributed by atoms with Crippen LogP contribution in [-0.4, -0.2) is 47.9 Å². The number of anilines is 1. The van der Waals surface area contributed by atoms with Gasteiger partial charge in [-0.1, -0.05) is 6.07 Å². The highest BCUT2D eigenvalue weighted by molar-refractivity contribution is 5.92. The highest BCUT2D eigenvalue weighted by atomic mass is 16.5. The van der Waals surface area contributed by atoms with Crippen molar-refractivity contribution in [3.8, 4) is 6.07 Å². The van der Waals surface area contributed by atoms with Crippen LogP contribution in [0.2, 0.25) is 0 Å². The Kier molecular flexibility index (Phi) is 4.91. The van der Waals surface area contributed by atoms with Crippen LogP contribution < -0.4 is 5.32 Å². The van der Waals surface area contributed by atoms with Crippen LogP contribution in [0.4, 0.5) is 5.69 Å². The summed E-state index contributed by atoms with van der Waals surface area (Å²) in [7, 11) is 0. The van der Waals surface area contributed by atoms with Crippen LogP contribution in [0.25, 0.3) is 10.9 Å². The van der Waals surface area contributed by atoms with E-state index in [9.17, 15) is 0 Å². The van der Waals surface area contributed by atoms with Crippen LogP contribution >= 0.6 is 0 Å². The van der Waals surface area contributed by atoms with Crippen LogP contribution in [0.3, 0.4) is 0 Å². The van der Waals surface area contributed by atoms with Crippen LogP contribution in [-0.2, 0) is 11.3 Å². The predicted octanol–water partition coefficient (Wildman–Crippen LogP) is 3.22. The summed E-state index contributed by atoms with van der Waals surface area (Å²) in [5, 5.41) is 13.9. The van der Waals surface area contributed by atoms with Crippen LogP contribution in [0.1, 0.15) is 25.7 Å². The van der Waals surface area contributed by atoms with Crippen molar-refractivity contribution in [1.82, 2.24) is 9.47 Å². The number of fused-ring (bicyclic) bond motifs is 1. The number of morpholine rings is 1. The monoisotopic (exact) mass is 338 g/mol. The molecule has 1 saturated carbocycles. The van der Waals surface area contributed by atoms with Crippen molar-refractivity contribution in [2.24, 2.45) is 0 Å². The summed E-state index contributed by atoms with van der Waals surface area (Å²) in [6.07, 6.45) is 6.98. The molecule has 5 nitrogen and oxygen atoms in total. The quantitative estimate of drug-likeness (QED) is 0.930. The second kappa shape index (κ2) is 7.47. The average Bonchev–Trinajstić information content (AvgIpc) is 3.08. The van der Waals surface area contributed by atoms with Gasteiger partial charge in [0.25, 0.3) is 0 Å². The second-order valence-corrected chi connectivity index (χ2v) is 7.14. The summed E-state index contributed by atoms with van der Waals surface area (Å²) in [6, 6.07) is 12.0. The zero-order valence-electron chi connectivity index (χ0n) is 14.7. The Morgan fingerprint density at radius 2 is 1.92 bits per heavy atom. The lowest BCUT2D eigenvalue weighted by molar-refractivity contribution is 0.00791. The van der Waals surface area contributed by atoms with Crippen LogP contribution in [0.5, 0.6) is 0 Å². The fraction of sp³-hybridized carbons (Fsp3) is 0.550. The normalized spacial score (nSPS) is 24.9. The molecule has 0 spiro atoms. The van der Waals surface area contributed by atoms with Gasteiger partial charge in [-0.05, 0) is 43.9 Å². The number of ether oxygens (including phenoxy) is 1. The lowest BCUT2D eigenvalue weighted by Crippen LogP contribution is -2.46. The minimum atomic E-state index is 0.400. The van der Waals surface area contributed by atoms with Crippen LogP contribution in [0, 0.1) is 11.3 Å². The van der Waals surface area contributed by atoms with E-state index in [4.69, 9.17) is 10.00 Å². The van der Waals surface area contributed by atoms with Gasteiger partial charge in [0, 0.05) is 42.4 Å². The van der Waals surface area contributed by atoms with Gasteiger partial charge in [-0.2, -0.15) is 5.26 Å². The number of nitriles is 1.